The summed E-state index contributed by atoms with van der Waals surface area (Å²) in [5.74, 6) is 0. The van der Waals surface area contributed by atoms with Crippen LogP contribution in [0.5, 0.6) is 0 Å². The molecule has 3 atom stereocenters. The molecule has 0 fully saturated rings. The topological polar surface area (TPSA) is 23.5 Å². The molecule has 0 aromatic rings. The third kappa shape index (κ3) is 2.94. The highest BCUT2D eigenvalue weighted by Crippen LogP contribution is 2.01. The van der Waals surface area contributed by atoms with Gasteiger partial charge in [0.25, 0.3) is 0 Å². The fourth-order valence-corrected chi connectivity index (χ4v) is 1.59. The predicted molar refractivity (Wildman–Crippen MR) is 42.7 cm³/mol. The molecule has 0 rings (SSSR count). The van der Waals surface area contributed by atoms with Gasteiger partial charge >= 0.3 is 0 Å². The van der Waals surface area contributed by atoms with E-state index in [-0.39, 0.29) is 6.23 Å². The predicted octanol–water partition coefficient (Wildman–Crippen LogP) is 0.292. The minimum atomic E-state index is -0.329. The first kappa shape index (κ1) is 8.78. The van der Waals surface area contributed by atoms with Gasteiger partial charge in [0.05, 0.1) is 0 Å². The smallest absolute Gasteiger partial charge is 0.105 e. The third-order valence-corrected chi connectivity index (χ3v) is 1.94. The normalized spacial score (nSPS) is 14.6. The summed E-state index contributed by atoms with van der Waals surface area (Å²) in [4.78, 5) is 1.90. The molecule has 3 unspecified atom stereocenters. The van der Waals surface area contributed by atoms with Crippen molar-refractivity contribution in [2.24, 2.45) is 0 Å². The zero-order valence-corrected chi connectivity index (χ0v) is 7.35. The van der Waals surface area contributed by atoms with Crippen LogP contribution in [0, 0.1) is 0 Å². The highest BCUT2D eigenvalue weighted by atomic mass is 31.0. The van der Waals surface area contributed by atoms with Crippen molar-refractivity contribution in [1.29, 1.82) is 0 Å². The Balaban J connectivity index is 3.35. The number of aliphatic hydroxyl groups is 1. The van der Waals surface area contributed by atoms with E-state index in [1.165, 1.54) is 0 Å². The number of hydrogen-bond acceptors (Lipinski definition) is 2. The summed E-state index contributed by atoms with van der Waals surface area (Å²) in [5.41, 5.74) is 0. The molecule has 50 valence electrons. The second-order valence-electron chi connectivity index (χ2n) is 1.59. The van der Waals surface area contributed by atoms with E-state index in [9.17, 15) is 0 Å². The molecule has 8 heavy (non-hydrogen) atoms. The molecular formula is C4H13NOP2. The van der Waals surface area contributed by atoms with Crippen LogP contribution in [0.25, 0.3) is 0 Å². The van der Waals surface area contributed by atoms with Crippen LogP contribution in [0.15, 0.2) is 0 Å². The Labute approximate surface area is 55.0 Å². The summed E-state index contributed by atoms with van der Waals surface area (Å²) in [6.07, 6.45) is 1.31. The maximum atomic E-state index is 8.91. The molecule has 0 aliphatic carbocycles. The lowest BCUT2D eigenvalue weighted by Crippen LogP contribution is -2.29. The van der Waals surface area contributed by atoms with Crippen molar-refractivity contribution in [2.45, 2.75) is 13.2 Å². The van der Waals surface area contributed by atoms with E-state index in [0.29, 0.717) is 0 Å². The van der Waals surface area contributed by atoms with Crippen LogP contribution >= 0.6 is 18.5 Å². The SMILES string of the molecule is CC(O)N(CP)CP. The van der Waals surface area contributed by atoms with Crippen molar-refractivity contribution < 1.29 is 5.11 Å². The number of nitrogens with zero attached hydrogens (tertiary/aromatic N) is 1. The van der Waals surface area contributed by atoms with Crippen molar-refractivity contribution in [3.05, 3.63) is 0 Å². The Hall–Kier alpha value is 0.780. The van der Waals surface area contributed by atoms with Crippen molar-refractivity contribution >= 4 is 18.5 Å². The Kier molecular flexibility index (Phi) is 5.09. The van der Waals surface area contributed by atoms with Gasteiger partial charge in [0.15, 0.2) is 0 Å². The second-order valence-corrected chi connectivity index (χ2v) is 2.32. The zero-order chi connectivity index (χ0) is 6.57. The Morgan fingerprint density at radius 3 is 1.88 bits per heavy atom. The highest BCUT2D eigenvalue weighted by molar-refractivity contribution is 7.17. The van der Waals surface area contributed by atoms with E-state index in [0.717, 1.165) is 12.6 Å². The van der Waals surface area contributed by atoms with E-state index in [1.807, 2.05) is 4.90 Å². The van der Waals surface area contributed by atoms with Crippen molar-refractivity contribution in [2.75, 3.05) is 12.6 Å². The number of aliphatic hydroxyl groups excluding tert-OH is 1. The van der Waals surface area contributed by atoms with Gasteiger partial charge in [-0.25, -0.2) is 0 Å². The van der Waals surface area contributed by atoms with Gasteiger partial charge in [-0.1, -0.05) is 0 Å². The number of hydrogen-bond donors (Lipinski definition) is 1. The van der Waals surface area contributed by atoms with E-state index in [2.05, 4.69) is 18.5 Å². The number of rotatable bonds is 3. The highest BCUT2D eigenvalue weighted by Gasteiger charge is 2.02. The first-order valence-corrected chi connectivity index (χ1v) is 4.18. The van der Waals surface area contributed by atoms with Gasteiger partial charge in [0.2, 0.25) is 0 Å². The van der Waals surface area contributed by atoms with E-state index < -0.39 is 0 Å². The molecule has 0 heterocycles. The van der Waals surface area contributed by atoms with Gasteiger partial charge in [0, 0.05) is 12.6 Å². The van der Waals surface area contributed by atoms with Crippen LogP contribution in [-0.2, 0) is 0 Å². The molecule has 0 amide bonds. The molecule has 0 aliphatic heterocycles. The lowest BCUT2D eigenvalue weighted by atomic mass is 10.6. The molecule has 0 aromatic carbocycles. The van der Waals surface area contributed by atoms with Crippen LogP contribution in [0.3, 0.4) is 0 Å². The molecule has 1 N–H and O–H groups in total. The Morgan fingerprint density at radius 1 is 1.50 bits per heavy atom. The van der Waals surface area contributed by atoms with Gasteiger partial charge in [0.1, 0.15) is 6.23 Å². The average Bonchev–Trinajstić information content (AvgIpc) is 1.69. The molecule has 2 nitrogen and oxygen atoms in total. The quantitative estimate of drug-likeness (QED) is 0.465. The van der Waals surface area contributed by atoms with Crippen LogP contribution < -0.4 is 0 Å². The summed E-state index contributed by atoms with van der Waals surface area (Å²) < 4.78 is 0. The summed E-state index contributed by atoms with van der Waals surface area (Å²) in [5, 5.41) is 8.91. The fourth-order valence-electron chi connectivity index (χ4n) is 0.380. The van der Waals surface area contributed by atoms with Crippen LogP contribution in [0.4, 0.5) is 0 Å². The Morgan fingerprint density at radius 2 is 1.88 bits per heavy atom. The fraction of sp³-hybridized carbons (Fsp3) is 1.00. The first-order chi connectivity index (χ1) is 3.72. The zero-order valence-electron chi connectivity index (χ0n) is 5.04. The van der Waals surface area contributed by atoms with Crippen LogP contribution in [-0.4, -0.2) is 28.8 Å². The average molecular weight is 153 g/mol. The van der Waals surface area contributed by atoms with E-state index in [1.54, 1.807) is 6.92 Å². The van der Waals surface area contributed by atoms with Crippen LogP contribution in [0.1, 0.15) is 6.92 Å². The van der Waals surface area contributed by atoms with E-state index >= 15 is 0 Å². The first-order valence-electron chi connectivity index (χ1n) is 2.54. The summed E-state index contributed by atoms with van der Waals surface area (Å²) in [6.45, 7) is 1.76. The molecule has 0 radical (unpaired) electrons. The lowest BCUT2D eigenvalue weighted by molar-refractivity contribution is 0.0480. The minimum absolute atomic E-state index is 0.329. The third-order valence-electron chi connectivity index (χ3n) is 0.997. The molecule has 0 spiro atoms. The van der Waals surface area contributed by atoms with E-state index in [4.69, 9.17) is 5.11 Å². The monoisotopic (exact) mass is 153 g/mol. The van der Waals surface area contributed by atoms with Gasteiger partial charge in [-0.15, -0.1) is 18.5 Å². The van der Waals surface area contributed by atoms with Crippen molar-refractivity contribution in [1.82, 2.24) is 4.90 Å². The van der Waals surface area contributed by atoms with Gasteiger partial charge in [-0.05, 0) is 6.92 Å². The molecule has 0 saturated heterocycles. The molecular weight excluding hydrogens is 140 g/mol. The maximum Gasteiger partial charge on any atom is 0.105 e. The minimum Gasteiger partial charge on any atom is -0.379 e. The molecule has 4 heteroatoms. The van der Waals surface area contributed by atoms with Gasteiger partial charge in [-0.3, -0.25) is 4.90 Å². The summed E-state index contributed by atoms with van der Waals surface area (Å²) in [7, 11) is 5.12. The molecule has 0 aliphatic rings. The summed E-state index contributed by atoms with van der Waals surface area (Å²) >= 11 is 0. The second kappa shape index (κ2) is 4.64. The van der Waals surface area contributed by atoms with Gasteiger partial charge < -0.3 is 5.11 Å². The van der Waals surface area contributed by atoms with Crippen molar-refractivity contribution in [3.8, 4) is 0 Å². The lowest BCUT2D eigenvalue weighted by Gasteiger charge is -2.20. The standard InChI is InChI=1S/C4H13NOP2/c1-4(6)5(2-7)3-8/h4,6H,2-3,7-8H2,1H3. The Bertz CT molecular complexity index is 56.0. The largest absolute Gasteiger partial charge is 0.379 e. The van der Waals surface area contributed by atoms with Crippen molar-refractivity contribution in [3.63, 3.8) is 0 Å². The molecule has 0 aromatic heterocycles. The molecule has 0 bridgehead atoms. The van der Waals surface area contributed by atoms with Crippen LogP contribution in [0.2, 0.25) is 0 Å². The summed E-state index contributed by atoms with van der Waals surface area (Å²) in [6, 6.07) is 0. The van der Waals surface area contributed by atoms with Gasteiger partial charge in [-0.2, -0.15) is 0 Å². The molecule has 0 saturated carbocycles. The maximum absolute atomic E-state index is 8.91.